The van der Waals surface area contributed by atoms with Gasteiger partial charge in [0.15, 0.2) is 0 Å². The molecule has 1 saturated heterocycles. The van der Waals surface area contributed by atoms with E-state index in [4.69, 9.17) is 0 Å². The quantitative estimate of drug-likeness (QED) is 0.474. The topological polar surface area (TPSA) is 15.6 Å². The summed E-state index contributed by atoms with van der Waals surface area (Å²) in [5, 5.41) is 0. The largest absolute Gasteiger partial charge is 0.299 e. The van der Waals surface area contributed by atoms with Crippen molar-refractivity contribution >= 4 is 6.21 Å². The number of aliphatic imine (C=N–C) groups is 1. The van der Waals surface area contributed by atoms with Gasteiger partial charge in [-0.3, -0.25) is 9.89 Å². The Morgan fingerprint density at radius 3 is 2.89 bits per heavy atom. The van der Waals surface area contributed by atoms with Gasteiger partial charge >= 0.3 is 0 Å². The minimum absolute atomic E-state index is 0.620. The summed E-state index contributed by atoms with van der Waals surface area (Å²) in [4.78, 5) is 6.34. The van der Waals surface area contributed by atoms with Crippen LogP contribution in [0.3, 0.4) is 0 Å². The van der Waals surface area contributed by atoms with Crippen LogP contribution in [-0.4, -0.2) is 37.8 Å². The molecule has 1 heterocycles. The third-order valence-corrected chi connectivity index (χ3v) is 1.90. The van der Waals surface area contributed by atoms with Crippen LogP contribution in [0.25, 0.3) is 0 Å². The Morgan fingerprint density at radius 2 is 2.44 bits per heavy atom. The van der Waals surface area contributed by atoms with E-state index in [0.29, 0.717) is 6.04 Å². The molecular weight excluding hydrogens is 112 g/mol. The molecule has 0 aliphatic carbocycles. The van der Waals surface area contributed by atoms with Crippen LogP contribution < -0.4 is 0 Å². The second kappa shape index (κ2) is 2.97. The van der Waals surface area contributed by atoms with Gasteiger partial charge in [0.05, 0.1) is 0 Å². The fourth-order valence-corrected chi connectivity index (χ4v) is 1.30. The smallest absolute Gasteiger partial charge is 0.0443 e. The van der Waals surface area contributed by atoms with Crippen LogP contribution in [0, 0.1) is 0 Å². The average molecular weight is 126 g/mol. The predicted octanol–water partition coefficient (Wildman–Crippen LogP) is 0.781. The van der Waals surface area contributed by atoms with Gasteiger partial charge < -0.3 is 0 Å². The normalized spacial score (nSPS) is 30.2. The van der Waals surface area contributed by atoms with Crippen molar-refractivity contribution in [2.75, 3.05) is 20.6 Å². The van der Waals surface area contributed by atoms with E-state index in [9.17, 15) is 0 Å². The van der Waals surface area contributed by atoms with Crippen LogP contribution in [0.4, 0.5) is 0 Å². The maximum atomic E-state index is 4.00. The molecule has 2 nitrogen and oxygen atoms in total. The number of hydrogen-bond donors (Lipinski definition) is 0. The lowest BCUT2D eigenvalue weighted by molar-refractivity contribution is 0.377. The highest BCUT2D eigenvalue weighted by molar-refractivity contribution is 5.64. The van der Waals surface area contributed by atoms with Crippen molar-refractivity contribution in [2.24, 2.45) is 4.99 Å². The van der Waals surface area contributed by atoms with Gasteiger partial charge in [0.25, 0.3) is 0 Å². The Bertz CT molecular complexity index is 109. The van der Waals surface area contributed by atoms with Gasteiger partial charge in [-0.1, -0.05) is 0 Å². The molecule has 2 heteroatoms. The molecule has 1 fully saturated rings. The van der Waals surface area contributed by atoms with Crippen LogP contribution in [-0.2, 0) is 0 Å². The van der Waals surface area contributed by atoms with Crippen molar-refractivity contribution in [2.45, 2.75) is 18.9 Å². The number of nitrogens with zero attached hydrogens (tertiary/aromatic N) is 2. The molecule has 1 atom stereocenters. The first-order chi connectivity index (χ1) is 4.34. The summed E-state index contributed by atoms with van der Waals surface area (Å²) in [6.07, 6.45) is 4.65. The Balaban J connectivity index is 2.39. The molecule has 52 valence electrons. The Labute approximate surface area is 56.6 Å². The first-order valence-electron chi connectivity index (χ1n) is 3.47. The Kier molecular flexibility index (Phi) is 2.22. The van der Waals surface area contributed by atoms with E-state index in [-0.39, 0.29) is 0 Å². The van der Waals surface area contributed by atoms with Crippen LogP contribution in [0.1, 0.15) is 12.8 Å². The zero-order chi connectivity index (χ0) is 6.69. The van der Waals surface area contributed by atoms with Crippen LogP contribution in [0.15, 0.2) is 4.99 Å². The molecule has 0 radical (unpaired) electrons. The van der Waals surface area contributed by atoms with Gasteiger partial charge in [-0.25, -0.2) is 0 Å². The molecule has 0 saturated carbocycles. The molecule has 1 aliphatic heterocycles. The van der Waals surface area contributed by atoms with Gasteiger partial charge in [-0.15, -0.1) is 0 Å². The number of likely N-dealkylation sites (tertiary alicyclic amines) is 1. The zero-order valence-electron chi connectivity index (χ0n) is 6.17. The van der Waals surface area contributed by atoms with E-state index in [1.54, 1.807) is 0 Å². The highest BCUT2D eigenvalue weighted by atomic mass is 15.1. The molecule has 0 aromatic carbocycles. The molecule has 1 aliphatic rings. The van der Waals surface area contributed by atoms with Crippen molar-refractivity contribution in [3.05, 3.63) is 0 Å². The van der Waals surface area contributed by atoms with Gasteiger partial charge in [0.1, 0.15) is 0 Å². The van der Waals surface area contributed by atoms with Crippen LogP contribution in [0.2, 0.25) is 0 Å². The Morgan fingerprint density at radius 1 is 1.67 bits per heavy atom. The van der Waals surface area contributed by atoms with Crippen molar-refractivity contribution in [1.29, 1.82) is 0 Å². The lowest BCUT2D eigenvalue weighted by Crippen LogP contribution is -2.25. The fourth-order valence-electron chi connectivity index (χ4n) is 1.30. The summed E-state index contributed by atoms with van der Waals surface area (Å²) in [5.74, 6) is 0. The molecule has 0 aromatic rings. The van der Waals surface area contributed by atoms with Crippen LogP contribution >= 0.6 is 0 Å². The summed E-state index contributed by atoms with van der Waals surface area (Å²) in [6, 6.07) is 0.620. The van der Waals surface area contributed by atoms with Crippen molar-refractivity contribution < 1.29 is 0 Å². The van der Waals surface area contributed by atoms with E-state index < -0.39 is 0 Å². The summed E-state index contributed by atoms with van der Waals surface area (Å²) in [7, 11) is 3.99. The van der Waals surface area contributed by atoms with Crippen LogP contribution in [0.5, 0.6) is 0 Å². The molecule has 1 unspecified atom stereocenters. The maximum absolute atomic E-state index is 4.00. The van der Waals surface area contributed by atoms with Crippen molar-refractivity contribution in [3.8, 4) is 0 Å². The molecule has 0 aromatic heterocycles. The monoisotopic (exact) mass is 126 g/mol. The first kappa shape index (κ1) is 6.75. The van der Waals surface area contributed by atoms with E-state index in [0.717, 1.165) is 0 Å². The lowest BCUT2D eigenvalue weighted by atomic mass is 10.2. The van der Waals surface area contributed by atoms with Crippen molar-refractivity contribution in [1.82, 2.24) is 4.90 Å². The number of rotatable bonds is 1. The number of hydrogen-bond acceptors (Lipinski definition) is 2. The molecule has 0 N–H and O–H groups in total. The molecule has 0 amide bonds. The predicted molar refractivity (Wildman–Crippen MR) is 40.1 cm³/mol. The SMILES string of the molecule is CN=CC1CCCN1C. The molecule has 9 heavy (non-hydrogen) atoms. The van der Waals surface area contributed by atoms with Gasteiger partial charge in [-0.2, -0.15) is 0 Å². The highest BCUT2D eigenvalue weighted by Crippen LogP contribution is 2.11. The summed E-state index contributed by atoms with van der Waals surface area (Å²) < 4.78 is 0. The van der Waals surface area contributed by atoms with E-state index >= 15 is 0 Å². The van der Waals surface area contributed by atoms with Gasteiger partial charge in [0.2, 0.25) is 0 Å². The zero-order valence-corrected chi connectivity index (χ0v) is 6.17. The standard InChI is InChI=1S/C7H14N2/c1-8-6-7-4-3-5-9(7)2/h6-7H,3-5H2,1-2H3. The molecule has 0 bridgehead atoms. The van der Waals surface area contributed by atoms with Gasteiger partial charge in [-0.05, 0) is 26.4 Å². The third-order valence-electron chi connectivity index (χ3n) is 1.90. The Hall–Kier alpha value is -0.370. The minimum atomic E-state index is 0.620. The van der Waals surface area contributed by atoms with Gasteiger partial charge in [0, 0.05) is 19.3 Å². The minimum Gasteiger partial charge on any atom is -0.299 e. The first-order valence-corrected chi connectivity index (χ1v) is 3.47. The van der Waals surface area contributed by atoms with E-state index in [1.165, 1.54) is 19.4 Å². The lowest BCUT2D eigenvalue weighted by Gasteiger charge is -2.13. The summed E-state index contributed by atoms with van der Waals surface area (Å²) >= 11 is 0. The second-order valence-corrected chi connectivity index (χ2v) is 2.60. The van der Waals surface area contributed by atoms with Crippen molar-refractivity contribution in [3.63, 3.8) is 0 Å². The maximum Gasteiger partial charge on any atom is 0.0443 e. The fraction of sp³-hybridized carbons (Fsp3) is 0.857. The average Bonchev–Trinajstić information content (AvgIpc) is 2.18. The molecular formula is C7H14N2. The third kappa shape index (κ3) is 1.52. The second-order valence-electron chi connectivity index (χ2n) is 2.60. The highest BCUT2D eigenvalue weighted by Gasteiger charge is 2.17. The summed E-state index contributed by atoms with van der Waals surface area (Å²) in [5.41, 5.74) is 0. The van der Waals surface area contributed by atoms with E-state index in [1.807, 2.05) is 13.3 Å². The van der Waals surface area contributed by atoms with E-state index in [2.05, 4.69) is 16.9 Å². The summed E-state index contributed by atoms with van der Waals surface area (Å²) in [6.45, 7) is 1.23. The molecule has 1 rings (SSSR count). The molecule has 0 spiro atoms.